The van der Waals surface area contributed by atoms with E-state index in [4.69, 9.17) is 22.7 Å². The molecule has 0 spiro atoms. The second kappa shape index (κ2) is 11.5. The number of ether oxygens (including phenoxy) is 1. The minimum Gasteiger partial charge on any atom is -0.485 e. The van der Waals surface area contributed by atoms with Gasteiger partial charge in [0.1, 0.15) is 0 Å². The number of hydrogen-bond acceptors (Lipinski definition) is 4. The number of nitrogens with zero attached hydrogens (tertiary/aromatic N) is 1. The first-order chi connectivity index (χ1) is 5.59. The molecular formula is C8H20Cl2N2OS. The Balaban J connectivity index is -0.000000605. The molecule has 2 N–H and O–H groups in total. The van der Waals surface area contributed by atoms with E-state index < -0.39 is 0 Å². The molecule has 0 aromatic carbocycles. The zero-order chi connectivity index (χ0) is 9.56. The van der Waals surface area contributed by atoms with Gasteiger partial charge in [0.25, 0.3) is 0 Å². The van der Waals surface area contributed by atoms with Gasteiger partial charge in [0, 0.05) is 0 Å². The quantitative estimate of drug-likeness (QED) is 0.602. The van der Waals surface area contributed by atoms with E-state index in [1.165, 1.54) is 0 Å². The number of thiocarbonyl (C=S) groups is 1. The van der Waals surface area contributed by atoms with Crippen LogP contribution in [0, 0.1) is 0 Å². The van der Waals surface area contributed by atoms with Crippen LogP contribution in [0.2, 0.25) is 0 Å². The van der Waals surface area contributed by atoms with Crippen molar-refractivity contribution >= 4 is 42.1 Å². The van der Waals surface area contributed by atoms with Gasteiger partial charge in [-0.1, -0.05) is 0 Å². The maximum Gasteiger partial charge on any atom is 0.176 e. The van der Waals surface area contributed by atoms with E-state index in [0.717, 1.165) is 6.42 Å². The molecule has 0 aliphatic rings. The van der Waals surface area contributed by atoms with Gasteiger partial charge < -0.3 is 10.5 Å². The molecule has 0 bridgehead atoms. The van der Waals surface area contributed by atoms with Crippen LogP contribution in [0.15, 0.2) is 0 Å². The summed E-state index contributed by atoms with van der Waals surface area (Å²) in [6.07, 6.45) is 0.861. The maximum absolute atomic E-state index is 5.32. The minimum atomic E-state index is 0. The molecule has 14 heavy (non-hydrogen) atoms. The van der Waals surface area contributed by atoms with Crippen LogP contribution in [0.4, 0.5) is 0 Å². The summed E-state index contributed by atoms with van der Waals surface area (Å²) in [6, 6.07) is 0.192. The lowest BCUT2D eigenvalue weighted by molar-refractivity contribution is 0.262. The first-order valence-electron chi connectivity index (χ1n) is 4.12. The number of rotatable bonds is 5. The summed E-state index contributed by atoms with van der Waals surface area (Å²) in [5.74, 6) is 0. The van der Waals surface area contributed by atoms with Gasteiger partial charge in [-0.25, -0.2) is 0 Å². The Morgan fingerprint density at radius 1 is 1.43 bits per heavy atom. The van der Waals surface area contributed by atoms with E-state index in [-0.39, 0.29) is 30.9 Å². The second-order valence-corrected chi connectivity index (χ2v) is 3.35. The van der Waals surface area contributed by atoms with E-state index >= 15 is 0 Å². The van der Waals surface area contributed by atoms with Gasteiger partial charge in [0.15, 0.2) is 5.05 Å². The van der Waals surface area contributed by atoms with Crippen LogP contribution in [0.1, 0.15) is 13.3 Å². The van der Waals surface area contributed by atoms with Gasteiger partial charge >= 0.3 is 0 Å². The molecule has 3 nitrogen and oxygen atoms in total. The first kappa shape index (κ1) is 19.9. The number of nitrogens with two attached hydrogens (primary N) is 1. The average molecular weight is 263 g/mol. The lowest BCUT2D eigenvalue weighted by Gasteiger charge is -2.20. The van der Waals surface area contributed by atoms with Crippen molar-refractivity contribution in [3.8, 4) is 0 Å². The maximum atomic E-state index is 5.32. The highest BCUT2D eigenvalue weighted by Crippen LogP contribution is 1.98. The molecule has 0 amide bonds. The molecule has 0 aliphatic carbocycles. The lowest BCUT2D eigenvalue weighted by Crippen LogP contribution is -2.33. The standard InChI is InChI=1S/C8H18N2OS.2ClH/c1-7(10(2)3)8(12)11-6-4-5-9;;/h7H,4-6,9H2,1-3H3;2*1H/t7-;;/m0../s1. The van der Waals surface area contributed by atoms with Crippen LogP contribution in [-0.2, 0) is 4.74 Å². The van der Waals surface area contributed by atoms with Crippen LogP contribution in [0.5, 0.6) is 0 Å². The molecule has 0 saturated carbocycles. The van der Waals surface area contributed by atoms with Crippen LogP contribution in [-0.4, -0.2) is 43.2 Å². The fraction of sp³-hybridized carbons (Fsp3) is 0.875. The topological polar surface area (TPSA) is 38.5 Å². The van der Waals surface area contributed by atoms with Gasteiger partial charge in [-0.15, -0.1) is 24.8 Å². The first-order valence-corrected chi connectivity index (χ1v) is 4.53. The van der Waals surface area contributed by atoms with Gasteiger partial charge in [-0.3, -0.25) is 4.90 Å². The van der Waals surface area contributed by atoms with Gasteiger partial charge in [-0.2, -0.15) is 0 Å². The predicted molar refractivity (Wildman–Crippen MR) is 69.9 cm³/mol. The SMILES string of the molecule is C[C@@H](C(=S)OCCCN)N(C)C.Cl.Cl. The molecule has 0 aromatic rings. The van der Waals surface area contributed by atoms with E-state index in [9.17, 15) is 0 Å². The minimum absolute atomic E-state index is 0. The molecule has 6 heteroatoms. The third-order valence-electron chi connectivity index (χ3n) is 1.71. The Bertz CT molecular complexity index is 147. The van der Waals surface area contributed by atoms with Crippen LogP contribution < -0.4 is 5.73 Å². The zero-order valence-electron chi connectivity index (χ0n) is 8.86. The molecule has 0 fully saturated rings. The van der Waals surface area contributed by atoms with Crippen molar-refractivity contribution in [3.63, 3.8) is 0 Å². The van der Waals surface area contributed by atoms with Crippen LogP contribution in [0.3, 0.4) is 0 Å². The van der Waals surface area contributed by atoms with Crippen LogP contribution in [0.25, 0.3) is 0 Å². The van der Waals surface area contributed by atoms with E-state index in [1.807, 2.05) is 25.9 Å². The molecule has 0 rings (SSSR count). The van der Waals surface area contributed by atoms with E-state index in [2.05, 4.69) is 0 Å². The summed E-state index contributed by atoms with van der Waals surface area (Å²) in [7, 11) is 3.95. The Hall–Kier alpha value is 0.390. The van der Waals surface area contributed by atoms with E-state index in [1.54, 1.807) is 0 Å². The summed E-state index contributed by atoms with van der Waals surface area (Å²) in [5, 5.41) is 0.647. The molecule has 1 atom stereocenters. The van der Waals surface area contributed by atoms with Gasteiger partial charge in [-0.05, 0) is 46.2 Å². The highest BCUT2D eigenvalue weighted by Gasteiger charge is 2.11. The molecule has 0 heterocycles. The molecule has 88 valence electrons. The highest BCUT2D eigenvalue weighted by molar-refractivity contribution is 7.80. The lowest BCUT2D eigenvalue weighted by atomic mass is 10.3. The van der Waals surface area contributed by atoms with Crippen molar-refractivity contribution in [3.05, 3.63) is 0 Å². The Morgan fingerprint density at radius 3 is 2.29 bits per heavy atom. The number of hydrogen-bond donors (Lipinski definition) is 1. The van der Waals surface area contributed by atoms with Gasteiger partial charge in [0.2, 0.25) is 0 Å². The average Bonchev–Trinajstić information content (AvgIpc) is 2.03. The van der Waals surface area contributed by atoms with Crippen LogP contribution >= 0.6 is 37.0 Å². The predicted octanol–water partition coefficient (Wildman–Crippen LogP) is 1.47. The Morgan fingerprint density at radius 2 is 1.93 bits per heavy atom. The monoisotopic (exact) mass is 262 g/mol. The molecule has 0 aromatic heterocycles. The van der Waals surface area contributed by atoms with Crippen molar-refractivity contribution in [2.75, 3.05) is 27.2 Å². The molecular weight excluding hydrogens is 243 g/mol. The second-order valence-electron chi connectivity index (χ2n) is 2.95. The fourth-order valence-electron chi connectivity index (χ4n) is 0.588. The summed E-state index contributed by atoms with van der Waals surface area (Å²) in [6.45, 7) is 3.30. The summed E-state index contributed by atoms with van der Waals surface area (Å²) < 4.78 is 5.32. The normalized spacial score (nSPS) is 11.2. The van der Waals surface area contributed by atoms with E-state index in [0.29, 0.717) is 18.2 Å². The van der Waals surface area contributed by atoms with Crippen molar-refractivity contribution in [1.29, 1.82) is 0 Å². The number of likely N-dealkylation sites (N-methyl/N-ethyl adjacent to an activating group) is 1. The molecule has 0 unspecified atom stereocenters. The highest BCUT2D eigenvalue weighted by atomic mass is 35.5. The fourth-order valence-corrected chi connectivity index (χ4v) is 0.882. The molecule has 0 aliphatic heterocycles. The smallest absolute Gasteiger partial charge is 0.176 e. The van der Waals surface area contributed by atoms with Crippen molar-refractivity contribution < 1.29 is 4.74 Å². The summed E-state index contributed by atoms with van der Waals surface area (Å²) in [4.78, 5) is 2.02. The third-order valence-corrected chi connectivity index (χ3v) is 2.17. The van der Waals surface area contributed by atoms with Crippen molar-refractivity contribution in [1.82, 2.24) is 4.90 Å². The Kier molecular flexibility index (Phi) is 16.3. The van der Waals surface area contributed by atoms with Crippen molar-refractivity contribution in [2.24, 2.45) is 5.73 Å². The summed E-state index contributed by atoms with van der Waals surface area (Å²) >= 11 is 5.06. The van der Waals surface area contributed by atoms with Gasteiger partial charge in [0.05, 0.1) is 12.6 Å². The number of halogens is 2. The third kappa shape index (κ3) is 8.97. The molecule has 0 radical (unpaired) electrons. The Labute approximate surface area is 104 Å². The van der Waals surface area contributed by atoms with Crippen molar-refractivity contribution in [2.45, 2.75) is 19.4 Å². The molecule has 0 saturated heterocycles. The summed E-state index contributed by atoms with van der Waals surface area (Å²) in [5.41, 5.74) is 5.32. The zero-order valence-corrected chi connectivity index (χ0v) is 11.3. The largest absolute Gasteiger partial charge is 0.485 e.